The molecule has 0 spiro atoms. The second-order valence-electron chi connectivity index (χ2n) is 3.96. The van der Waals surface area contributed by atoms with Crippen LogP contribution < -0.4 is 0 Å². The van der Waals surface area contributed by atoms with E-state index in [-0.39, 0.29) is 12.0 Å². The average Bonchev–Trinajstić information content (AvgIpc) is 2.75. The highest BCUT2D eigenvalue weighted by Gasteiger charge is 2.18. The molecule has 0 N–H and O–H groups in total. The van der Waals surface area contributed by atoms with Gasteiger partial charge >= 0.3 is 5.97 Å². The van der Waals surface area contributed by atoms with Gasteiger partial charge < -0.3 is 4.74 Å². The average molecular weight is 239 g/mol. The Balaban J connectivity index is 2.66. The zero-order valence-corrected chi connectivity index (χ0v) is 10.7. The Morgan fingerprint density at radius 2 is 2.38 bits per heavy atom. The SMILES string of the molecule is COC(=O)C(CC(C)C)N=Cc1cccs1. The molecule has 0 aliphatic carbocycles. The number of aliphatic imine (C=N–C) groups is 1. The van der Waals surface area contributed by atoms with Crippen molar-refractivity contribution in [3.8, 4) is 0 Å². The third kappa shape index (κ3) is 4.14. The first-order chi connectivity index (χ1) is 7.63. The summed E-state index contributed by atoms with van der Waals surface area (Å²) in [5.41, 5.74) is 0. The molecule has 1 atom stereocenters. The fourth-order valence-electron chi connectivity index (χ4n) is 1.33. The number of ether oxygens (including phenoxy) is 1. The summed E-state index contributed by atoms with van der Waals surface area (Å²) in [5.74, 6) is 0.158. The van der Waals surface area contributed by atoms with Crippen molar-refractivity contribution in [3.05, 3.63) is 22.4 Å². The molecule has 0 saturated carbocycles. The molecule has 1 aromatic rings. The van der Waals surface area contributed by atoms with E-state index in [1.165, 1.54) is 7.11 Å². The number of thiophene rings is 1. The van der Waals surface area contributed by atoms with Crippen LogP contribution in [0.25, 0.3) is 0 Å². The molecule has 1 unspecified atom stereocenters. The summed E-state index contributed by atoms with van der Waals surface area (Å²) < 4.78 is 4.73. The number of carbonyl (C=O) groups excluding carboxylic acids is 1. The molecule has 1 heterocycles. The monoisotopic (exact) mass is 239 g/mol. The lowest BCUT2D eigenvalue weighted by atomic mass is 10.0. The fraction of sp³-hybridized carbons (Fsp3) is 0.500. The Bertz CT molecular complexity index is 344. The highest BCUT2D eigenvalue weighted by Crippen LogP contribution is 2.11. The first kappa shape index (κ1) is 12.9. The summed E-state index contributed by atoms with van der Waals surface area (Å²) in [7, 11) is 1.40. The minimum Gasteiger partial charge on any atom is -0.467 e. The molecular formula is C12H17NO2S. The van der Waals surface area contributed by atoms with Crippen molar-refractivity contribution in [1.82, 2.24) is 0 Å². The number of hydrogen-bond donors (Lipinski definition) is 0. The number of esters is 1. The van der Waals surface area contributed by atoms with E-state index in [9.17, 15) is 4.79 Å². The van der Waals surface area contributed by atoms with Crippen molar-refractivity contribution in [2.75, 3.05) is 7.11 Å². The van der Waals surface area contributed by atoms with Crippen molar-refractivity contribution >= 4 is 23.5 Å². The van der Waals surface area contributed by atoms with Crippen molar-refractivity contribution in [1.29, 1.82) is 0 Å². The molecule has 0 aromatic carbocycles. The lowest BCUT2D eigenvalue weighted by Gasteiger charge is -2.11. The van der Waals surface area contributed by atoms with Crippen LogP contribution >= 0.6 is 11.3 Å². The molecule has 16 heavy (non-hydrogen) atoms. The lowest BCUT2D eigenvalue weighted by molar-refractivity contribution is -0.142. The number of rotatable bonds is 5. The van der Waals surface area contributed by atoms with Crippen molar-refractivity contribution in [2.45, 2.75) is 26.3 Å². The molecule has 0 saturated heterocycles. The number of carbonyl (C=O) groups is 1. The van der Waals surface area contributed by atoms with Crippen LogP contribution in [0.5, 0.6) is 0 Å². The van der Waals surface area contributed by atoms with Gasteiger partial charge in [-0.2, -0.15) is 0 Å². The first-order valence-corrected chi connectivity index (χ1v) is 6.16. The highest BCUT2D eigenvalue weighted by molar-refractivity contribution is 7.11. The molecule has 0 bridgehead atoms. The van der Waals surface area contributed by atoms with Gasteiger partial charge in [0.1, 0.15) is 6.04 Å². The van der Waals surface area contributed by atoms with E-state index in [4.69, 9.17) is 4.74 Å². The van der Waals surface area contributed by atoms with Gasteiger partial charge in [0.25, 0.3) is 0 Å². The van der Waals surface area contributed by atoms with Gasteiger partial charge in [-0.05, 0) is 23.8 Å². The largest absolute Gasteiger partial charge is 0.467 e. The molecule has 0 fully saturated rings. The molecular weight excluding hydrogens is 222 g/mol. The smallest absolute Gasteiger partial charge is 0.330 e. The maximum absolute atomic E-state index is 11.5. The summed E-state index contributed by atoms with van der Waals surface area (Å²) >= 11 is 1.60. The van der Waals surface area contributed by atoms with Gasteiger partial charge in [-0.25, -0.2) is 4.79 Å². The van der Waals surface area contributed by atoms with E-state index in [2.05, 4.69) is 18.8 Å². The zero-order valence-electron chi connectivity index (χ0n) is 9.84. The topological polar surface area (TPSA) is 38.7 Å². The number of methoxy groups -OCH3 is 1. The van der Waals surface area contributed by atoms with Gasteiger partial charge in [0.2, 0.25) is 0 Å². The summed E-state index contributed by atoms with van der Waals surface area (Å²) in [4.78, 5) is 16.8. The maximum atomic E-state index is 11.5. The van der Waals surface area contributed by atoms with Crippen LogP contribution in [0.4, 0.5) is 0 Å². The van der Waals surface area contributed by atoms with E-state index in [0.29, 0.717) is 12.3 Å². The van der Waals surface area contributed by atoms with E-state index >= 15 is 0 Å². The second kappa shape index (κ2) is 6.43. The van der Waals surface area contributed by atoms with Crippen LogP contribution in [0, 0.1) is 5.92 Å². The van der Waals surface area contributed by atoms with Crippen molar-refractivity contribution in [3.63, 3.8) is 0 Å². The third-order valence-corrected chi connectivity index (χ3v) is 2.90. The molecule has 0 amide bonds. The molecule has 0 aliphatic rings. The van der Waals surface area contributed by atoms with Crippen LogP contribution in [0.3, 0.4) is 0 Å². The molecule has 4 heteroatoms. The minimum atomic E-state index is -0.382. The Morgan fingerprint density at radius 3 is 2.88 bits per heavy atom. The van der Waals surface area contributed by atoms with Gasteiger partial charge in [-0.15, -0.1) is 11.3 Å². The standard InChI is InChI=1S/C12H17NO2S/c1-9(2)7-11(12(14)15-3)13-8-10-5-4-6-16-10/h4-6,8-9,11H,7H2,1-3H3. The Morgan fingerprint density at radius 1 is 1.62 bits per heavy atom. The Kier molecular flexibility index (Phi) is 5.19. The van der Waals surface area contributed by atoms with Crippen LogP contribution in [-0.2, 0) is 9.53 Å². The lowest BCUT2D eigenvalue weighted by Crippen LogP contribution is -2.22. The van der Waals surface area contributed by atoms with Crippen LogP contribution in [0.1, 0.15) is 25.1 Å². The number of nitrogens with zero attached hydrogens (tertiary/aromatic N) is 1. The van der Waals surface area contributed by atoms with Crippen LogP contribution in [-0.4, -0.2) is 25.3 Å². The Hall–Kier alpha value is -1.16. The highest BCUT2D eigenvalue weighted by atomic mass is 32.1. The molecule has 0 radical (unpaired) electrons. The maximum Gasteiger partial charge on any atom is 0.330 e. The normalized spacial score (nSPS) is 13.2. The summed E-state index contributed by atoms with van der Waals surface area (Å²) in [5, 5.41) is 1.98. The molecule has 1 aromatic heterocycles. The fourth-order valence-corrected chi connectivity index (χ4v) is 1.92. The van der Waals surface area contributed by atoms with Gasteiger partial charge in [-0.3, -0.25) is 4.99 Å². The summed E-state index contributed by atoms with van der Waals surface area (Å²) in [6.45, 7) is 4.13. The molecule has 1 rings (SSSR count). The van der Waals surface area contributed by atoms with Crippen molar-refractivity contribution in [2.24, 2.45) is 10.9 Å². The summed E-state index contributed by atoms with van der Waals surface area (Å²) in [6, 6.07) is 3.55. The quantitative estimate of drug-likeness (QED) is 0.585. The predicted molar refractivity (Wildman–Crippen MR) is 67.2 cm³/mol. The number of hydrogen-bond acceptors (Lipinski definition) is 4. The first-order valence-electron chi connectivity index (χ1n) is 5.28. The van der Waals surface area contributed by atoms with E-state index in [1.807, 2.05) is 17.5 Å². The van der Waals surface area contributed by atoms with E-state index < -0.39 is 0 Å². The summed E-state index contributed by atoms with van der Waals surface area (Å²) in [6.07, 6.45) is 2.46. The van der Waals surface area contributed by atoms with E-state index in [1.54, 1.807) is 17.6 Å². The molecule has 0 aliphatic heterocycles. The predicted octanol–water partition coefficient (Wildman–Crippen LogP) is 2.75. The molecule has 3 nitrogen and oxygen atoms in total. The van der Waals surface area contributed by atoms with Crippen LogP contribution in [0.2, 0.25) is 0 Å². The molecule has 88 valence electrons. The van der Waals surface area contributed by atoms with E-state index in [0.717, 1.165) is 4.88 Å². The Labute approximate surface area is 100 Å². The van der Waals surface area contributed by atoms with Gasteiger partial charge in [-0.1, -0.05) is 19.9 Å². The minimum absolute atomic E-state index is 0.262. The third-order valence-electron chi connectivity index (χ3n) is 2.09. The second-order valence-corrected chi connectivity index (χ2v) is 4.94. The van der Waals surface area contributed by atoms with Gasteiger partial charge in [0.05, 0.1) is 7.11 Å². The van der Waals surface area contributed by atoms with Crippen molar-refractivity contribution < 1.29 is 9.53 Å². The zero-order chi connectivity index (χ0) is 12.0. The van der Waals surface area contributed by atoms with Gasteiger partial charge in [0, 0.05) is 11.1 Å². The van der Waals surface area contributed by atoms with Crippen LogP contribution in [0.15, 0.2) is 22.5 Å². The van der Waals surface area contributed by atoms with Gasteiger partial charge in [0.15, 0.2) is 0 Å².